The maximum Gasteiger partial charge on any atom is 0.277 e. The van der Waals surface area contributed by atoms with Crippen molar-refractivity contribution in [2.75, 3.05) is 24.8 Å². The molecule has 5 rings (SSSR count). The van der Waals surface area contributed by atoms with E-state index in [0.717, 1.165) is 43.1 Å². The summed E-state index contributed by atoms with van der Waals surface area (Å²) in [6, 6.07) is 1.23. The van der Waals surface area contributed by atoms with Crippen LogP contribution >= 0.6 is 11.3 Å². The standard InChI is InChI=1S/C25H26F3N5O3S/c1-2-31-13-32(11-14-6-4-3-5-7-14)33-12-16(22(34)23(35)21(33)25(31)36)24-30-29-20(37-24)9-15-8-18(27)19(28)10-17(15)26/h8,10,12,14,35H,2-7,9,11,13H2,1H3. The fourth-order valence-electron chi connectivity index (χ4n) is 5.00. The lowest BCUT2D eigenvalue weighted by Crippen LogP contribution is -2.55. The van der Waals surface area contributed by atoms with Crippen LogP contribution in [0, 0.1) is 23.4 Å². The number of benzene rings is 1. The van der Waals surface area contributed by atoms with Crippen LogP contribution < -0.4 is 10.4 Å². The summed E-state index contributed by atoms with van der Waals surface area (Å²) in [6.07, 6.45) is 6.99. The predicted octanol–water partition coefficient (Wildman–Crippen LogP) is 4.03. The average Bonchev–Trinajstić information content (AvgIpc) is 3.34. The summed E-state index contributed by atoms with van der Waals surface area (Å²) in [4.78, 5) is 27.8. The maximum absolute atomic E-state index is 14.1. The molecular weight excluding hydrogens is 507 g/mol. The molecule has 3 aromatic rings. The Bertz CT molecular complexity index is 1400. The smallest absolute Gasteiger partial charge is 0.277 e. The van der Waals surface area contributed by atoms with E-state index in [2.05, 4.69) is 10.2 Å². The van der Waals surface area contributed by atoms with E-state index in [1.54, 1.807) is 9.58 Å². The number of halogens is 3. The summed E-state index contributed by atoms with van der Waals surface area (Å²) in [5.41, 5.74) is -0.916. The number of fused-ring (bicyclic) bond motifs is 1. The van der Waals surface area contributed by atoms with E-state index >= 15 is 0 Å². The van der Waals surface area contributed by atoms with Gasteiger partial charge in [0.15, 0.2) is 28.1 Å². The predicted molar refractivity (Wildman–Crippen MR) is 132 cm³/mol. The average molecular weight is 534 g/mol. The van der Waals surface area contributed by atoms with Crippen LogP contribution in [-0.2, 0) is 6.42 Å². The van der Waals surface area contributed by atoms with Crippen molar-refractivity contribution in [3.63, 3.8) is 0 Å². The van der Waals surface area contributed by atoms with E-state index in [1.807, 2.05) is 11.9 Å². The Labute approximate surface area is 214 Å². The summed E-state index contributed by atoms with van der Waals surface area (Å²) >= 11 is 0.972. The van der Waals surface area contributed by atoms with E-state index in [4.69, 9.17) is 0 Å². The first-order chi connectivity index (χ1) is 17.8. The van der Waals surface area contributed by atoms with E-state index in [-0.39, 0.29) is 33.3 Å². The van der Waals surface area contributed by atoms with E-state index in [1.165, 1.54) is 12.6 Å². The number of carbonyl (C=O) groups is 1. The van der Waals surface area contributed by atoms with Crippen LogP contribution in [0.2, 0.25) is 0 Å². The van der Waals surface area contributed by atoms with Crippen molar-refractivity contribution >= 4 is 17.2 Å². The van der Waals surface area contributed by atoms with Gasteiger partial charge in [0.05, 0.1) is 5.56 Å². The Morgan fingerprint density at radius 2 is 1.78 bits per heavy atom. The first-order valence-corrected chi connectivity index (χ1v) is 13.1. The van der Waals surface area contributed by atoms with Gasteiger partial charge in [-0.3, -0.25) is 19.3 Å². The van der Waals surface area contributed by atoms with Gasteiger partial charge in [-0.1, -0.05) is 30.6 Å². The number of carbonyl (C=O) groups excluding carboxylic acids is 1. The number of pyridine rings is 1. The maximum atomic E-state index is 14.1. The summed E-state index contributed by atoms with van der Waals surface area (Å²) in [7, 11) is 0. The van der Waals surface area contributed by atoms with Gasteiger partial charge in [-0.2, -0.15) is 0 Å². The minimum Gasteiger partial charge on any atom is -0.502 e. The Morgan fingerprint density at radius 3 is 2.51 bits per heavy atom. The molecule has 37 heavy (non-hydrogen) atoms. The number of nitrogens with zero attached hydrogens (tertiary/aromatic N) is 5. The molecule has 1 aromatic carbocycles. The van der Waals surface area contributed by atoms with Crippen LogP contribution in [0.4, 0.5) is 13.2 Å². The first-order valence-electron chi connectivity index (χ1n) is 12.3. The molecule has 8 nitrogen and oxygen atoms in total. The fourth-order valence-corrected chi connectivity index (χ4v) is 5.87. The molecule has 0 atom stereocenters. The van der Waals surface area contributed by atoms with Gasteiger partial charge < -0.3 is 10.0 Å². The zero-order valence-electron chi connectivity index (χ0n) is 20.2. The van der Waals surface area contributed by atoms with Crippen molar-refractivity contribution in [1.82, 2.24) is 19.8 Å². The van der Waals surface area contributed by atoms with Crippen molar-refractivity contribution in [2.24, 2.45) is 5.92 Å². The van der Waals surface area contributed by atoms with E-state index < -0.39 is 34.5 Å². The van der Waals surface area contributed by atoms with Crippen molar-refractivity contribution in [3.8, 4) is 16.3 Å². The molecule has 12 heteroatoms. The third kappa shape index (κ3) is 4.81. The second-order valence-corrected chi connectivity index (χ2v) is 10.5. The van der Waals surface area contributed by atoms with Gasteiger partial charge in [0.25, 0.3) is 5.91 Å². The summed E-state index contributed by atoms with van der Waals surface area (Å²) in [5.74, 6) is -4.06. The molecule has 2 aromatic heterocycles. The highest BCUT2D eigenvalue weighted by molar-refractivity contribution is 7.14. The largest absolute Gasteiger partial charge is 0.502 e. The Morgan fingerprint density at radius 1 is 1.05 bits per heavy atom. The lowest BCUT2D eigenvalue weighted by Gasteiger charge is -2.41. The summed E-state index contributed by atoms with van der Waals surface area (Å²) in [6.45, 7) is 3.25. The quantitative estimate of drug-likeness (QED) is 0.481. The van der Waals surface area contributed by atoms with Crippen LogP contribution in [0.1, 0.15) is 60.1 Å². The number of amides is 1. The van der Waals surface area contributed by atoms with Gasteiger partial charge in [0.1, 0.15) is 17.5 Å². The van der Waals surface area contributed by atoms with Crippen LogP contribution in [0.3, 0.4) is 0 Å². The van der Waals surface area contributed by atoms with Crippen LogP contribution in [-0.4, -0.2) is 50.5 Å². The number of hydrogen-bond donors (Lipinski definition) is 1. The van der Waals surface area contributed by atoms with Gasteiger partial charge in [0, 0.05) is 31.8 Å². The highest BCUT2D eigenvalue weighted by Gasteiger charge is 2.34. The van der Waals surface area contributed by atoms with Gasteiger partial charge in [-0.15, -0.1) is 10.2 Å². The molecule has 1 aliphatic carbocycles. The van der Waals surface area contributed by atoms with Crippen molar-refractivity contribution < 1.29 is 23.1 Å². The normalized spacial score (nSPS) is 16.4. The molecule has 0 spiro atoms. The van der Waals surface area contributed by atoms with Crippen LogP contribution in [0.5, 0.6) is 5.75 Å². The van der Waals surface area contributed by atoms with E-state index in [9.17, 15) is 27.9 Å². The molecule has 196 valence electrons. The Hall–Kier alpha value is -3.41. The topological polar surface area (TPSA) is 91.6 Å². The number of aromatic nitrogens is 3. The molecule has 1 aliphatic heterocycles. The molecule has 0 radical (unpaired) electrons. The minimum absolute atomic E-state index is 0.0437. The van der Waals surface area contributed by atoms with Crippen molar-refractivity contribution in [2.45, 2.75) is 45.4 Å². The zero-order valence-corrected chi connectivity index (χ0v) is 21.0. The van der Waals surface area contributed by atoms with Crippen molar-refractivity contribution in [3.05, 3.63) is 62.3 Å². The highest BCUT2D eigenvalue weighted by atomic mass is 32.1. The van der Waals surface area contributed by atoms with Gasteiger partial charge >= 0.3 is 0 Å². The molecule has 1 amide bonds. The molecule has 0 bridgehead atoms. The Balaban J connectivity index is 1.51. The first kappa shape index (κ1) is 25.2. The lowest BCUT2D eigenvalue weighted by molar-refractivity contribution is 0.0691. The van der Waals surface area contributed by atoms with Crippen LogP contribution in [0.15, 0.2) is 23.1 Å². The zero-order chi connectivity index (χ0) is 26.3. The summed E-state index contributed by atoms with van der Waals surface area (Å²) < 4.78 is 42.5. The summed E-state index contributed by atoms with van der Waals surface area (Å²) in [5, 5.41) is 21.3. The van der Waals surface area contributed by atoms with Gasteiger partial charge in [-0.05, 0) is 37.3 Å². The second kappa shape index (κ2) is 10.2. The third-order valence-electron chi connectivity index (χ3n) is 7.00. The fraction of sp³-hybridized carbons (Fsp3) is 0.440. The molecule has 0 unspecified atom stereocenters. The Kier molecular flexibility index (Phi) is 6.93. The number of aromatic hydroxyl groups is 1. The molecule has 2 aliphatic rings. The van der Waals surface area contributed by atoms with Gasteiger partial charge in [0.2, 0.25) is 5.43 Å². The number of rotatable bonds is 6. The molecular formula is C25H26F3N5O3S. The molecule has 1 fully saturated rings. The third-order valence-corrected chi connectivity index (χ3v) is 7.95. The highest BCUT2D eigenvalue weighted by Crippen LogP contribution is 2.30. The van der Waals surface area contributed by atoms with Crippen molar-refractivity contribution in [1.29, 1.82) is 0 Å². The van der Waals surface area contributed by atoms with Crippen LogP contribution in [0.25, 0.3) is 10.6 Å². The van der Waals surface area contributed by atoms with E-state index in [0.29, 0.717) is 31.7 Å². The second-order valence-electron chi connectivity index (χ2n) is 9.44. The SMILES string of the molecule is CCN1CN(CC2CCCCC2)n2cc(-c3nnc(Cc4cc(F)c(F)cc4F)s3)c(=O)c(O)c2C1=O. The monoisotopic (exact) mass is 533 g/mol. The number of hydrogen-bond acceptors (Lipinski definition) is 7. The molecule has 1 saturated carbocycles. The lowest BCUT2D eigenvalue weighted by atomic mass is 9.89. The minimum atomic E-state index is -1.29. The van der Waals surface area contributed by atoms with Gasteiger partial charge in [-0.25, -0.2) is 13.2 Å². The molecule has 3 heterocycles. The molecule has 1 N–H and O–H groups in total. The molecule has 0 saturated heterocycles.